The number of para-hydroxylation sites is 1. The van der Waals surface area contributed by atoms with Crippen LogP contribution in [-0.2, 0) is 0 Å². The molecule has 3 aromatic carbocycles. The van der Waals surface area contributed by atoms with Gasteiger partial charge in [-0.1, -0.05) is 28.1 Å². The van der Waals surface area contributed by atoms with E-state index in [1.165, 1.54) is 7.11 Å². The lowest BCUT2D eigenvalue weighted by atomic mass is 10.0. The molecule has 1 amide bonds. The monoisotopic (exact) mass is 468 g/mol. The molecule has 0 aliphatic carbocycles. The summed E-state index contributed by atoms with van der Waals surface area (Å²) in [5.41, 5.74) is 2.31. The quantitative estimate of drug-likeness (QED) is 0.581. The van der Waals surface area contributed by atoms with Crippen LogP contribution < -0.4 is 24.4 Å². The van der Waals surface area contributed by atoms with Gasteiger partial charge in [-0.25, -0.2) is 0 Å². The lowest BCUT2D eigenvalue weighted by molar-refractivity contribution is 0.0974. The number of benzene rings is 3. The van der Waals surface area contributed by atoms with Crippen molar-refractivity contribution in [2.24, 2.45) is 0 Å². The lowest BCUT2D eigenvalue weighted by Crippen LogP contribution is -2.43. The molecule has 7 nitrogen and oxygen atoms in total. The maximum Gasteiger partial charge on any atom is 0.262 e. The van der Waals surface area contributed by atoms with Crippen LogP contribution in [0, 0.1) is 0 Å². The minimum Gasteiger partial charge on any atom is -0.504 e. The van der Waals surface area contributed by atoms with Crippen molar-refractivity contribution in [3.8, 4) is 23.0 Å². The highest BCUT2D eigenvalue weighted by Crippen LogP contribution is 2.45. The van der Waals surface area contributed by atoms with Crippen LogP contribution in [0.15, 0.2) is 59.1 Å². The number of ether oxygens (including phenoxy) is 3. The summed E-state index contributed by atoms with van der Waals surface area (Å²) in [4.78, 5) is 15.1. The largest absolute Gasteiger partial charge is 0.504 e. The zero-order chi connectivity index (χ0) is 20.8. The minimum absolute atomic E-state index is 0.0453. The van der Waals surface area contributed by atoms with Crippen molar-refractivity contribution in [3.05, 3.63) is 70.2 Å². The Hall–Kier alpha value is -3.39. The van der Waals surface area contributed by atoms with Crippen LogP contribution in [0.4, 0.5) is 11.4 Å². The SMILES string of the molecule is COc1cc(Br)cc(C2Nc3ccccc3C(=O)N2c2ccc3c(c2)OCO3)c1O. The number of aromatic hydroxyl groups is 1. The summed E-state index contributed by atoms with van der Waals surface area (Å²) in [6.45, 7) is 0.140. The van der Waals surface area contributed by atoms with Gasteiger partial charge in [0.15, 0.2) is 23.0 Å². The fourth-order valence-corrected chi connectivity index (χ4v) is 4.19. The van der Waals surface area contributed by atoms with Crippen LogP contribution in [0.2, 0.25) is 0 Å². The van der Waals surface area contributed by atoms with Crippen molar-refractivity contribution >= 4 is 33.2 Å². The Morgan fingerprint density at radius 2 is 1.93 bits per heavy atom. The van der Waals surface area contributed by atoms with Gasteiger partial charge < -0.3 is 24.6 Å². The van der Waals surface area contributed by atoms with Gasteiger partial charge in [-0.3, -0.25) is 9.69 Å². The fourth-order valence-electron chi connectivity index (χ4n) is 3.73. The summed E-state index contributed by atoms with van der Waals surface area (Å²) < 4.78 is 16.9. The van der Waals surface area contributed by atoms with Gasteiger partial charge in [0, 0.05) is 21.8 Å². The van der Waals surface area contributed by atoms with Crippen LogP contribution in [0.5, 0.6) is 23.0 Å². The maximum absolute atomic E-state index is 13.5. The summed E-state index contributed by atoms with van der Waals surface area (Å²) in [6, 6.07) is 16.0. The van der Waals surface area contributed by atoms with Crippen LogP contribution >= 0.6 is 15.9 Å². The van der Waals surface area contributed by atoms with Crippen molar-refractivity contribution < 1.29 is 24.1 Å². The van der Waals surface area contributed by atoms with Crippen LogP contribution in [0.3, 0.4) is 0 Å². The number of fused-ring (bicyclic) bond motifs is 2. The molecule has 152 valence electrons. The molecule has 3 aromatic rings. The Bertz CT molecular complexity index is 1170. The number of methoxy groups -OCH3 is 1. The van der Waals surface area contributed by atoms with Gasteiger partial charge in [-0.15, -0.1) is 0 Å². The van der Waals surface area contributed by atoms with E-state index in [0.717, 1.165) is 0 Å². The normalized spacial score (nSPS) is 16.8. The summed E-state index contributed by atoms with van der Waals surface area (Å²) in [5.74, 6) is 1.25. The Balaban J connectivity index is 1.70. The molecule has 2 N–H and O–H groups in total. The third-order valence-corrected chi connectivity index (χ3v) is 5.60. The first-order valence-corrected chi connectivity index (χ1v) is 10.0. The predicted molar refractivity (Wildman–Crippen MR) is 115 cm³/mol. The Morgan fingerprint density at radius 3 is 2.77 bits per heavy atom. The third kappa shape index (κ3) is 2.91. The molecule has 2 aliphatic heterocycles. The minimum atomic E-state index is -0.681. The number of carbonyl (C=O) groups excluding carboxylic acids is 1. The highest BCUT2D eigenvalue weighted by Gasteiger charge is 2.36. The van der Waals surface area contributed by atoms with Gasteiger partial charge in [0.05, 0.1) is 18.4 Å². The molecule has 0 bridgehead atoms. The zero-order valence-corrected chi connectivity index (χ0v) is 17.5. The number of anilines is 2. The van der Waals surface area contributed by atoms with Crippen molar-refractivity contribution in [3.63, 3.8) is 0 Å². The van der Waals surface area contributed by atoms with Crippen molar-refractivity contribution in [2.75, 3.05) is 24.1 Å². The number of phenolic OH excluding ortho intramolecular Hbond substituents is 1. The molecule has 30 heavy (non-hydrogen) atoms. The standard InChI is InChI=1S/C22H17BrN2O5/c1-28-19-9-12(23)8-15(20(19)26)21-24-16-5-3-2-4-14(16)22(27)25(21)13-6-7-17-18(10-13)30-11-29-17/h2-10,21,24,26H,11H2,1H3. The second-order valence-corrected chi connectivity index (χ2v) is 7.77. The summed E-state index contributed by atoms with van der Waals surface area (Å²) in [6.07, 6.45) is -0.681. The number of amides is 1. The van der Waals surface area contributed by atoms with Crippen LogP contribution in [0.25, 0.3) is 0 Å². The lowest BCUT2D eigenvalue weighted by Gasteiger charge is -2.38. The van der Waals surface area contributed by atoms with Crippen LogP contribution in [0.1, 0.15) is 22.1 Å². The van der Waals surface area contributed by atoms with E-state index < -0.39 is 6.17 Å². The molecule has 2 heterocycles. The van der Waals surface area contributed by atoms with Gasteiger partial charge >= 0.3 is 0 Å². The highest BCUT2D eigenvalue weighted by molar-refractivity contribution is 9.10. The second-order valence-electron chi connectivity index (χ2n) is 6.85. The number of hydrogen-bond donors (Lipinski definition) is 2. The average Bonchev–Trinajstić information content (AvgIpc) is 3.23. The smallest absolute Gasteiger partial charge is 0.262 e. The number of nitrogens with zero attached hydrogens (tertiary/aromatic N) is 1. The Kier molecular flexibility index (Phi) is 4.43. The Labute approximate surface area is 180 Å². The predicted octanol–water partition coefficient (Wildman–Crippen LogP) is 4.66. The molecule has 0 spiro atoms. The molecule has 5 rings (SSSR count). The van der Waals surface area contributed by atoms with Gasteiger partial charge in [-0.05, 0) is 36.4 Å². The molecule has 0 fully saturated rings. The molecule has 0 radical (unpaired) electrons. The topological polar surface area (TPSA) is 80.3 Å². The van der Waals surface area contributed by atoms with E-state index in [4.69, 9.17) is 14.2 Å². The van der Waals surface area contributed by atoms with E-state index in [0.29, 0.717) is 44.2 Å². The van der Waals surface area contributed by atoms with Gasteiger partial charge in [0.25, 0.3) is 5.91 Å². The molecule has 8 heteroatoms. The second kappa shape index (κ2) is 7.14. The van der Waals surface area contributed by atoms with Crippen molar-refractivity contribution in [1.82, 2.24) is 0 Å². The summed E-state index contributed by atoms with van der Waals surface area (Å²) in [5, 5.41) is 14.2. The molecule has 0 saturated heterocycles. The van der Waals surface area contributed by atoms with E-state index >= 15 is 0 Å². The van der Waals surface area contributed by atoms with E-state index in [1.54, 1.807) is 41.3 Å². The summed E-state index contributed by atoms with van der Waals surface area (Å²) >= 11 is 3.46. The molecular formula is C22H17BrN2O5. The molecule has 2 aliphatic rings. The average molecular weight is 469 g/mol. The maximum atomic E-state index is 13.5. The number of halogens is 1. The van der Waals surface area contributed by atoms with E-state index in [-0.39, 0.29) is 18.4 Å². The third-order valence-electron chi connectivity index (χ3n) is 5.14. The first-order valence-electron chi connectivity index (χ1n) is 9.22. The molecule has 0 aromatic heterocycles. The van der Waals surface area contributed by atoms with Crippen molar-refractivity contribution in [2.45, 2.75) is 6.17 Å². The van der Waals surface area contributed by atoms with Gasteiger partial charge in [-0.2, -0.15) is 0 Å². The van der Waals surface area contributed by atoms with E-state index in [1.807, 2.05) is 18.2 Å². The Morgan fingerprint density at radius 1 is 1.13 bits per heavy atom. The first kappa shape index (κ1) is 18.6. The number of nitrogens with one attached hydrogen (secondary N) is 1. The fraction of sp³-hybridized carbons (Fsp3) is 0.136. The number of carbonyl (C=O) groups is 1. The molecule has 1 unspecified atom stereocenters. The molecule has 0 saturated carbocycles. The van der Waals surface area contributed by atoms with Crippen molar-refractivity contribution in [1.29, 1.82) is 0 Å². The number of rotatable bonds is 3. The van der Waals surface area contributed by atoms with E-state index in [2.05, 4.69) is 21.2 Å². The first-order chi connectivity index (χ1) is 14.6. The molecule has 1 atom stereocenters. The van der Waals surface area contributed by atoms with Gasteiger partial charge in [0.2, 0.25) is 6.79 Å². The van der Waals surface area contributed by atoms with Crippen LogP contribution in [-0.4, -0.2) is 24.9 Å². The van der Waals surface area contributed by atoms with Gasteiger partial charge in [0.1, 0.15) is 6.17 Å². The number of hydrogen-bond acceptors (Lipinski definition) is 6. The van der Waals surface area contributed by atoms with E-state index in [9.17, 15) is 9.90 Å². The number of phenols is 1. The zero-order valence-electron chi connectivity index (χ0n) is 15.9. The highest BCUT2D eigenvalue weighted by atomic mass is 79.9. The summed E-state index contributed by atoms with van der Waals surface area (Å²) in [7, 11) is 1.48. The molecular weight excluding hydrogens is 452 g/mol.